The maximum atomic E-state index is 12.8. The van der Waals surface area contributed by atoms with Gasteiger partial charge in [0, 0.05) is 19.3 Å². The highest BCUT2D eigenvalue weighted by Gasteiger charge is 2.19. The summed E-state index contributed by atoms with van der Waals surface area (Å²) in [5, 5.41) is 0. The molecule has 0 aromatic carbocycles. The monoisotopic (exact) mass is 959 g/mol. The van der Waals surface area contributed by atoms with Crippen LogP contribution in [0.3, 0.4) is 0 Å². The predicted octanol–water partition coefficient (Wildman–Crippen LogP) is 20.5. The van der Waals surface area contributed by atoms with E-state index in [1.54, 1.807) is 0 Å². The third-order valence-corrected chi connectivity index (χ3v) is 14.0. The summed E-state index contributed by atoms with van der Waals surface area (Å²) >= 11 is 0. The standard InChI is InChI=1S/C62H118O6/c1-4-7-10-13-16-19-22-24-26-27-28-29-30-31-32-33-34-35-37-38-40-43-46-49-52-55-61(64)67-58-59(57-66-60(63)54-51-48-45-42-21-18-15-12-9-6-3)68-62(65)56-53-50-47-44-41-39-36-25-23-20-17-14-11-8-5-2/h25,36,59H,4-24,26-35,37-58H2,1-3H3/b36-25-. The van der Waals surface area contributed by atoms with Crippen molar-refractivity contribution in [1.29, 1.82) is 0 Å². The number of hydrogen-bond acceptors (Lipinski definition) is 6. The van der Waals surface area contributed by atoms with Crippen molar-refractivity contribution in [2.75, 3.05) is 13.2 Å². The fourth-order valence-electron chi connectivity index (χ4n) is 9.38. The second-order valence-corrected chi connectivity index (χ2v) is 21.0. The van der Waals surface area contributed by atoms with Crippen molar-refractivity contribution in [2.45, 2.75) is 354 Å². The Balaban J connectivity index is 4.14. The van der Waals surface area contributed by atoms with Gasteiger partial charge in [0.05, 0.1) is 0 Å². The van der Waals surface area contributed by atoms with Gasteiger partial charge in [0.25, 0.3) is 0 Å². The normalized spacial score (nSPS) is 12.0. The summed E-state index contributed by atoms with van der Waals surface area (Å²) in [6.07, 6.45) is 66.6. The number of esters is 3. The van der Waals surface area contributed by atoms with E-state index in [1.807, 2.05) is 0 Å². The van der Waals surface area contributed by atoms with Crippen LogP contribution in [-0.4, -0.2) is 37.2 Å². The molecule has 0 fully saturated rings. The van der Waals surface area contributed by atoms with E-state index in [-0.39, 0.29) is 31.1 Å². The molecule has 0 saturated carbocycles. The highest BCUT2D eigenvalue weighted by Crippen LogP contribution is 2.18. The second-order valence-electron chi connectivity index (χ2n) is 21.0. The molecule has 68 heavy (non-hydrogen) atoms. The molecule has 1 unspecified atom stereocenters. The van der Waals surface area contributed by atoms with Gasteiger partial charge in [-0.15, -0.1) is 0 Å². The minimum absolute atomic E-state index is 0.0675. The van der Waals surface area contributed by atoms with E-state index < -0.39 is 6.10 Å². The van der Waals surface area contributed by atoms with Gasteiger partial charge < -0.3 is 14.2 Å². The molecule has 0 radical (unpaired) electrons. The van der Waals surface area contributed by atoms with Gasteiger partial charge in [0.1, 0.15) is 13.2 Å². The zero-order chi connectivity index (χ0) is 49.3. The third kappa shape index (κ3) is 55.1. The van der Waals surface area contributed by atoms with Gasteiger partial charge in [-0.25, -0.2) is 0 Å². The van der Waals surface area contributed by atoms with Gasteiger partial charge >= 0.3 is 17.9 Å². The molecule has 0 heterocycles. The van der Waals surface area contributed by atoms with E-state index >= 15 is 0 Å². The summed E-state index contributed by atoms with van der Waals surface area (Å²) < 4.78 is 16.9. The van der Waals surface area contributed by atoms with Crippen LogP contribution in [0.25, 0.3) is 0 Å². The smallest absolute Gasteiger partial charge is 0.306 e. The van der Waals surface area contributed by atoms with Crippen LogP contribution >= 0.6 is 0 Å². The Morgan fingerprint density at radius 1 is 0.279 bits per heavy atom. The van der Waals surface area contributed by atoms with Gasteiger partial charge in [0.15, 0.2) is 6.10 Å². The summed E-state index contributed by atoms with van der Waals surface area (Å²) in [4.78, 5) is 38.1. The first kappa shape index (κ1) is 66.2. The van der Waals surface area contributed by atoms with E-state index in [9.17, 15) is 14.4 Å². The lowest BCUT2D eigenvalue weighted by atomic mass is 10.0. The maximum Gasteiger partial charge on any atom is 0.306 e. The van der Waals surface area contributed by atoms with Gasteiger partial charge in [-0.05, 0) is 44.9 Å². The summed E-state index contributed by atoms with van der Waals surface area (Å²) in [5.41, 5.74) is 0. The van der Waals surface area contributed by atoms with E-state index in [2.05, 4.69) is 32.9 Å². The van der Waals surface area contributed by atoms with Crippen LogP contribution in [-0.2, 0) is 28.6 Å². The number of allylic oxidation sites excluding steroid dienone is 2. The van der Waals surface area contributed by atoms with Crippen molar-refractivity contribution in [3.8, 4) is 0 Å². The highest BCUT2D eigenvalue weighted by molar-refractivity contribution is 5.71. The van der Waals surface area contributed by atoms with Gasteiger partial charge in [-0.2, -0.15) is 0 Å². The molecule has 0 saturated heterocycles. The Labute approximate surface area is 424 Å². The van der Waals surface area contributed by atoms with Crippen LogP contribution in [0.5, 0.6) is 0 Å². The van der Waals surface area contributed by atoms with Crippen molar-refractivity contribution in [3.63, 3.8) is 0 Å². The van der Waals surface area contributed by atoms with Crippen LogP contribution in [0, 0.1) is 0 Å². The molecule has 6 nitrogen and oxygen atoms in total. The van der Waals surface area contributed by atoms with Gasteiger partial charge in [0.2, 0.25) is 0 Å². The summed E-state index contributed by atoms with van der Waals surface area (Å²) in [5.74, 6) is -0.853. The molecule has 6 heteroatoms. The van der Waals surface area contributed by atoms with E-state index in [0.29, 0.717) is 19.3 Å². The SMILES string of the molecule is CCCCCCCC/C=C\CCCCCCCC(=O)OC(COC(=O)CCCCCCCCCCCC)COC(=O)CCCCCCCCCCCCCCCCCCCCCCCCCCC. The molecule has 0 aromatic rings. The molecule has 0 aliphatic rings. The number of ether oxygens (including phenoxy) is 3. The lowest BCUT2D eigenvalue weighted by Gasteiger charge is -2.18. The molecule has 0 bridgehead atoms. The minimum Gasteiger partial charge on any atom is -0.462 e. The molecule has 0 N–H and O–H groups in total. The van der Waals surface area contributed by atoms with Crippen molar-refractivity contribution >= 4 is 17.9 Å². The molecule has 402 valence electrons. The Morgan fingerprint density at radius 2 is 0.485 bits per heavy atom. The van der Waals surface area contributed by atoms with E-state index in [1.165, 1.54) is 244 Å². The molecule has 0 aliphatic heterocycles. The number of carbonyl (C=O) groups excluding carboxylic acids is 3. The van der Waals surface area contributed by atoms with Crippen LogP contribution in [0.15, 0.2) is 12.2 Å². The number of rotatable bonds is 57. The molecule has 0 aliphatic carbocycles. The van der Waals surface area contributed by atoms with Crippen LogP contribution < -0.4 is 0 Å². The fourth-order valence-corrected chi connectivity index (χ4v) is 9.38. The zero-order valence-electron chi connectivity index (χ0n) is 46.2. The van der Waals surface area contributed by atoms with Gasteiger partial charge in [-0.1, -0.05) is 296 Å². The molecule has 0 amide bonds. The Bertz CT molecular complexity index is 1060. The number of carbonyl (C=O) groups is 3. The second kappa shape index (κ2) is 57.7. The molecular formula is C62H118O6. The first-order valence-corrected chi connectivity index (χ1v) is 30.7. The van der Waals surface area contributed by atoms with Gasteiger partial charge in [-0.3, -0.25) is 14.4 Å². The molecule has 1 atom stereocenters. The Morgan fingerprint density at radius 3 is 0.735 bits per heavy atom. The quantitative estimate of drug-likeness (QED) is 0.0262. The largest absolute Gasteiger partial charge is 0.462 e. The first-order valence-electron chi connectivity index (χ1n) is 30.7. The third-order valence-electron chi connectivity index (χ3n) is 14.0. The molecule has 0 spiro atoms. The van der Waals surface area contributed by atoms with Crippen molar-refractivity contribution in [2.24, 2.45) is 0 Å². The average Bonchev–Trinajstić information content (AvgIpc) is 3.34. The van der Waals surface area contributed by atoms with E-state index in [4.69, 9.17) is 14.2 Å². The number of unbranched alkanes of at least 4 members (excludes halogenated alkanes) is 44. The fraction of sp³-hybridized carbons (Fsp3) is 0.919. The zero-order valence-corrected chi connectivity index (χ0v) is 46.2. The average molecular weight is 960 g/mol. The summed E-state index contributed by atoms with van der Waals surface area (Å²) in [7, 11) is 0. The van der Waals surface area contributed by atoms with Crippen molar-refractivity contribution in [1.82, 2.24) is 0 Å². The van der Waals surface area contributed by atoms with Crippen LogP contribution in [0.2, 0.25) is 0 Å². The van der Waals surface area contributed by atoms with Crippen LogP contribution in [0.1, 0.15) is 348 Å². The summed E-state index contributed by atoms with van der Waals surface area (Å²) in [6, 6.07) is 0. The first-order chi connectivity index (χ1) is 33.5. The lowest BCUT2D eigenvalue weighted by Crippen LogP contribution is -2.30. The maximum absolute atomic E-state index is 12.8. The van der Waals surface area contributed by atoms with Crippen LogP contribution in [0.4, 0.5) is 0 Å². The van der Waals surface area contributed by atoms with Crippen molar-refractivity contribution in [3.05, 3.63) is 12.2 Å². The molecule has 0 aromatic heterocycles. The summed E-state index contributed by atoms with van der Waals surface area (Å²) in [6.45, 7) is 6.68. The molecular weight excluding hydrogens is 841 g/mol. The topological polar surface area (TPSA) is 78.9 Å². The number of hydrogen-bond donors (Lipinski definition) is 0. The molecule has 0 rings (SSSR count). The predicted molar refractivity (Wildman–Crippen MR) is 293 cm³/mol. The Kier molecular flexibility index (Phi) is 56.2. The van der Waals surface area contributed by atoms with E-state index in [0.717, 1.165) is 64.2 Å². The minimum atomic E-state index is -0.768. The Hall–Kier alpha value is -1.85. The highest BCUT2D eigenvalue weighted by atomic mass is 16.6. The lowest BCUT2D eigenvalue weighted by molar-refractivity contribution is -0.167. The van der Waals surface area contributed by atoms with Crippen molar-refractivity contribution < 1.29 is 28.6 Å².